The first-order valence-electron chi connectivity index (χ1n) is 7.73. The number of rotatable bonds is 7. The van der Waals surface area contributed by atoms with Gasteiger partial charge in [-0.25, -0.2) is 13.2 Å². The Bertz CT molecular complexity index is 661. The number of hydrogen-bond donors (Lipinski definition) is 1. The van der Waals surface area contributed by atoms with E-state index in [0.717, 1.165) is 37.0 Å². The molecule has 0 unspecified atom stereocenters. The molecule has 0 amide bonds. The number of sulfonamides is 1. The van der Waals surface area contributed by atoms with Crippen molar-refractivity contribution in [1.82, 2.24) is 9.21 Å². The highest BCUT2D eigenvalue weighted by Gasteiger charge is 2.34. The van der Waals surface area contributed by atoms with Crippen molar-refractivity contribution in [2.45, 2.75) is 42.9 Å². The van der Waals surface area contributed by atoms with Gasteiger partial charge in [0.05, 0.1) is 0 Å². The van der Waals surface area contributed by atoms with Crippen LogP contribution in [0.2, 0.25) is 0 Å². The number of aryl methyl sites for hydroxylation is 1. The molecule has 0 atom stereocenters. The van der Waals surface area contributed by atoms with Gasteiger partial charge in [0.1, 0.15) is 9.09 Å². The second kappa shape index (κ2) is 7.29. The van der Waals surface area contributed by atoms with Crippen LogP contribution in [0.3, 0.4) is 0 Å². The van der Waals surface area contributed by atoms with Crippen LogP contribution in [-0.4, -0.2) is 61.9 Å². The average Bonchev–Trinajstić information content (AvgIpc) is 3.07. The van der Waals surface area contributed by atoms with Crippen LogP contribution in [0.25, 0.3) is 0 Å². The van der Waals surface area contributed by atoms with Crippen molar-refractivity contribution in [2.24, 2.45) is 0 Å². The molecular formula is C15H24N2O4S2. The van der Waals surface area contributed by atoms with Crippen LogP contribution in [0, 0.1) is 6.92 Å². The lowest BCUT2D eigenvalue weighted by Crippen LogP contribution is -2.42. The summed E-state index contributed by atoms with van der Waals surface area (Å²) in [6.45, 7) is 2.71. The van der Waals surface area contributed by atoms with Crippen molar-refractivity contribution in [3.05, 3.63) is 16.5 Å². The highest BCUT2D eigenvalue weighted by atomic mass is 32.2. The highest BCUT2D eigenvalue weighted by Crippen LogP contribution is 2.33. The van der Waals surface area contributed by atoms with Gasteiger partial charge < -0.3 is 10.0 Å². The molecule has 23 heavy (non-hydrogen) atoms. The van der Waals surface area contributed by atoms with Gasteiger partial charge in [0.2, 0.25) is 0 Å². The zero-order valence-electron chi connectivity index (χ0n) is 13.8. The van der Waals surface area contributed by atoms with Crippen molar-refractivity contribution >= 4 is 27.3 Å². The van der Waals surface area contributed by atoms with Crippen molar-refractivity contribution in [3.8, 4) is 0 Å². The number of carbonyl (C=O) groups is 1. The van der Waals surface area contributed by atoms with Crippen molar-refractivity contribution in [1.29, 1.82) is 0 Å². The summed E-state index contributed by atoms with van der Waals surface area (Å²) in [7, 11) is 0.174. The molecule has 0 aromatic carbocycles. The van der Waals surface area contributed by atoms with Crippen LogP contribution in [0.5, 0.6) is 0 Å². The molecule has 1 N–H and O–H groups in total. The summed E-state index contributed by atoms with van der Waals surface area (Å²) < 4.78 is 27.8. The molecule has 1 aromatic heterocycles. The van der Waals surface area contributed by atoms with Crippen LogP contribution in [0.1, 0.15) is 40.9 Å². The molecule has 0 bridgehead atoms. The van der Waals surface area contributed by atoms with Crippen molar-refractivity contribution in [2.75, 3.05) is 27.2 Å². The maximum Gasteiger partial charge on any atom is 0.346 e. The molecule has 2 rings (SSSR count). The minimum Gasteiger partial charge on any atom is -0.477 e. The number of nitrogens with zero attached hydrogens (tertiary/aromatic N) is 2. The molecule has 8 heteroatoms. The second-order valence-electron chi connectivity index (χ2n) is 6.24. The summed E-state index contributed by atoms with van der Waals surface area (Å²) in [6, 6.07) is 1.51. The minimum atomic E-state index is -3.65. The van der Waals surface area contributed by atoms with Gasteiger partial charge in [0, 0.05) is 19.1 Å². The van der Waals surface area contributed by atoms with E-state index in [9.17, 15) is 13.2 Å². The highest BCUT2D eigenvalue weighted by molar-refractivity contribution is 7.91. The fourth-order valence-corrected chi connectivity index (χ4v) is 6.08. The molecule has 130 valence electrons. The van der Waals surface area contributed by atoms with Crippen LogP contribution in [0.4, 0.5) is 0 Å². The first kappa shape index (κ1) is 18.4. The van der Waals surface area contributed by atoms with Gasteiger partial charge in [-0.15, -0.1) is 11.3 Å². The Hall–Kier alpha value is -0.960. The third kappa shape index (κ3) is 4.12. The maximum atomic E-state index is 13.0. The number of likely N-dealkylation sites (N-methyl/N-ethyl adjacent to an activating group) is 1. The largest absolute Gasteiger partial charge is 0.477 e. The molecule has 1 aliphatic carbocycles. The number of carboxylic acid groups (broad SMARTS) is 1. The Balaban J connectivity index is 2.34. The van der Waals surface area contributed by atoms with Gasteiger partial charge in [-0.2, -0.15) is 4.31 Å². The normalized spacial score (nSPS) is 16.6. The van der Waals surface area contributed by atoms with E-state index >= 15 is 0 Å². The Labute approximate surface area is 141 Å². The monoisotopic (exact) mass is 360 g/mol. The predicted octanol–water partition coefficient (Wildman–Crippen LogP) is 2.25. The zero-order chi connectivity index (χ0) is 17.2. The van der Waals surface area contributed by atoms with E-state index in [0.29, 0.717) is 18.7 Å². The first-order valence-corrected chi connectivity index (χ1v) is 9.99. The van der Waals surface area contributed by atoms with E-state index in [1.807, 2.05) is 19.0 Å². The van der Waals surface area contributed by atoms with E-state index in [2.05, 4.69) is 0 Å². The number of thiophene rings is 1. The predicted molar refractivity (Wildman–Crippen MR) is 90.7 cm³/mol. The van der Waals surface area contributed by atoms with Crippen molar-refractivity contribution in [3.63, 3.8) is 0 Å². The van der Waals surface area contributed by atoms with Crippen LogP contribution < -0.4 is 0 Å². The lowest BCUT2D eigenvalue weighted by atomic mass is 10.2. The average molecular weight is 361 g/mol. The van der Waals surface area contributed by atoms with Gasteiger partial charge >= 0.3 is 5.97 Å². The van der Waals surface area contributed by atoms with Gasteiger partial charge in [-0.05, 0) is 45.5 Å². The van der Waals surface area contributed by atoms with Crippen LogP contribution >= 0.6 is 11.3 Å². The van der Waals surface area contributed by atoms with Crippen LogP contribution in [0.15, 0.2) is 10.3 Å². The van der Waals surface area contributed by atoms with Gasteiger partial charge in [0.15, 0.2) is 0 Å². The topological polar surface area (TPSA) is 77.9 Å². The quantitative estimate of drug-likeness (QED) is 0.807. The Kier molecular flexibility index (Phi) is 5.83. The SMILES string of the molecule is Cc1cc(S(=O)(=O)N(CCN(C)C)C2CCCC2)sc1C(=O)O. The van der Waals surface area contributed by atoms with Crippen LogP contribution in [-0.2, 0) is 10.0 Å². The fraction of sp³-hybridized carbons (Fsp3) is 0.667. The minimum absolute atomic E-state index is 0.0237. The summed E-state index contributed by atoms with van der Waals surface area (Å²) in [5.74, 6) is -1.07. The van der Waals surface area contributed by atoms with Gasteiger partial charge in [-0.3, -0.25) is 0 Å². The molecular weight excluding hydrogens is 336 g/mol. The van der Waals surface area contributed by atoms with Gasteiger partial charge in [-0.1, -0.05) is 12.8 Å². The third-order valence-electron chi connectivity index (χ3n) is 4.15. The molecule has 0 spiro atoms. The Morgan fingerprint density at radius 3 is 2.39 bits per heavy atom. The Morgan fingerprint density at radius 2 is 1.91 bits per heavy atom. The van der Waals surface area contributed by atoms with E-state index in [-0.39, 0.29) is 15.1 Å². The molecule has 0 aliphatic heterocycles. The summed E-state index contributed by atoms with van der Waals surface area (Å²) in [5.41, 5.74) is 0.500. The fourth-order valence-electron chi connectivity index (χ4n) is 2.90. The number of carboxylic acids is 1. The molecule has 1 aromatic rings. The van der Waals surface area contributed by atoms with E-state index in [1.165, 1.54) is 6.07 Å². The summed E-state index contributed by atoms with van der Waals surface area (Å²) >= 11 is 0.853. The number of aromatic carboxylic acids is 1. The lowest BCUT2D eigenvalue weighted by molar-refractivity contribution is 0.0701. The molecule has 6 nitrogen and oxygen atoms in total. The first-order chi connectivity index (χ1) is 10.7. The van der Waals surface area contributed by atoms with E-state index in [4.69, 9.17) is 5.11 Å². The number of hydrogen-bond acceptors (Lipinski definition) is 5. The van der Waals surface area contributed by atoms with Crippen molar-refractivity contribution < 1.29 is 18.3 Å². The smallest absolute Gasteiger partial charge is 0.346 e. The zero-order valence-corrected chi connectivity index (χ0v) is 15.4. The van der Waals surface area contributed by atoms with Gasteiger partial charge in [0.25, 0.3) is 10.0 Å². The molecule has 1 saturated carbocycles. The molecule has 1 aliphatic rings. The Morgan fingerprint density at radius 1 is 1.30 bits per heavy atom. The molecule has 1 heterocycles. The van der Waals surface area contributed by atoms with E-state index < -0.39 is 16.0 Å². The summed E-state index contributed by atoms with van der Waals surface area (Å²) in [5, 5.41) is 9.17. The van der Waals surface area contributed by atoms with E-state index in [1.54, 1.807) is 11.2 Å². The summed E-state index contributed by atoms with van der Waals surface area (Å²) in [4.78, 5) is 13.3. The third-order valence-corrected chi connectivity index (χ3v) is 7.78. The standard InChI is InChI=1S/C15H24N2O4S2/c1-11-10-13(22-14(11)15(18)19)23(20,21)17(9-8-16(2)3)12-6-4-5-7-12/h10,12H,4-9H2,1-3H3,(H,18,19). The molecule has 0 radical (unpaired) electrons. The molecule has 0 saturated heterocycles. The second-order valence-corrected chi connectivity index (χ2v) is 9.41. The molecule has 1 fully saturated rings. The maximum absolute atomic E-state index is 13.0. The summed E-state index contributed by atoms with van der Waals surface area (Å²) in [6.07, 6.45) is 3.84. The lowest BCUT2D eigenvalue weighted by Gasteiger charge is -2.28.